The number of carboxylic acids is 1. The predicted octanol–water partition coefficient (Wildman–Crippen LogP) is 0.715. The molecule has 0 radical (unpaired) electrons. The topological polar surface area (TPSA) is 86.9 Å². The van der Waals surface area contributed by atoms with E-state index in [9.17, 15) is 14.7 Å². The highest BCUT2D eigenvalue weighted by atomic mass is 16.4. The molecule has 2 amide bonds. The van der Waals surface area contributed by atoms with Gasteiger partial charge in [-0.15, -0.1) is 0 Å². The first-order valence-electron chi connectivity index (χ1n) is 7.03. The van der Waals surface area contributed by atoms with Gasteiger partial charge in [0, 0.05) is 25.7 Å². The van der Waals surface area contributed by atoms with Crippen LogP contribution in [0.3, 0.4) is 0 Å². The van der Waals surface area contributed by atoms with Crippen molar-refractivity contribution < 1.29 is 14.7 Å². The maximum atomic E-state index is 12.4. The molecule has 0 saturated carbocycles. The number of urea groups is 1. The van der Waals surface area contributed by atoms with Crippen LogP contribution in [0.15, 0.2) is 0 Å². The van der Waals surface area contributed by atoms with Gasteiger partial charge in [0.1, 0.15) is 6.04 Å². The van der Waals surface area contributed by atoms with E-state index in [2.05, 4.69) is 0 Å². The van der Waals surface area contributed by atoms with Gasteiger partial charge < -0.3 is 20.6 Å². The van der Waals surface area contributed by atoms with Gasteiger partial charge in [0.25, 0.3) is 0 Å². The Bertz CT molecular complexity index is 353. The summed E-state index contributed by atoms with van der Waals surface area (Å²) >= 11 is 0. The van der Waals surface area contributed by atoms with Gasteiger partial charge in [-0.05, 0) is 31.6 Å². The number of carbonyl (C=O) groups is 2. The van der Waals surface area contributed by atoms with E-state index in [0.717, 1.165) is 19.3 Å². The fourth-order valence-corrected chi connectivity index (χ4v) is 2.88. The van der Waals surface area contributed by atoms with Crippen molar-refractivity contribution in [1.29, 1.82) is 0 Å². The van der Waals surface area contributed by atoms with Crippen LogP contribution in [-0.4, -0.2) is 58.6 Å². The Hall–Kier alpha value is -1.30. The van der Waals surface area contributed by atoms with Crippen molar-refractivity contribution in [3.05, 3.63) is 0 Å². The van der Waals surface area contributed by atoms with Crippen LogP contribution >= 0.6 is 0 Å². The molecule has 2 atom stereocenters. The molecule has 2 fully saturated rings. The fraction of sp³-hybridized carbons (Fsp3) is 0.846. The standard InChI is InChI=1S/C13H23N3O3/c1-9-2-7-16(11(8-9)12(17)18)13(19)15-5-3-10(14)4-6-15/h9-11H,2-8,14H2,1H3,(H,17,18). The van der Waals surface area contributed by atoms with Crippen molar-refractivity contribution in [1.82, 2.24) is 9.80 Å². The molecule has 2 unspecified atom stereocenters. The van der Waals surface area contributed by atoms with E-state index >= 15 is 0 Å². The largest absolute Gasteiger partial charge is 0.480 e. The van der Waals surface area contributed by atoms with Crippen LogP contribution in [0, 0.1) is 5.92 Å². The van der Waals surface area contributed by atoms with Gasteiger partial charge >= 0.3 is 12.0 Å². The average Bonchev–Trinajstić information content (AvgIpc) is 2.38. The Morgan fingerprint density at radius 2 is 1.79 bits per heavy atom. The van der Waals surface area contributed by atoms with Crippen LogP contribution in [-0.2, 0) is 4.79 Å². The molecule has 0 spiro atoms. The summed E-state index contributed by atoms with van der Waals surface area (Å²) in [6.07, 6.45) is 3.03. The van der Waals surface area contributed by atoms with Gasteiger partial charge in [0.05, 0.1) is 0 Å². The monoisotopic (exact) mass is 269 g/mol. The summed E-state index contributed by atoms with van der Waals surface area (Å²) < 4.78 is 0. The number of carboxylic acid groups (broad SMARTS) is 1. The Morgan fingerprint density at radius 1 is 1.16 bits per heavy atom. The van der Waals surface area contributed by atoms with E-state index in [1.54, 1.807) is 4.90 Å². The van der Waals surface area contributed by atoms with Crippen molar-refractivity contribution in [2.24, 2.45) is 11.7 Å². The number of piperidine rings is 2. The van der Waals surface area contributed by atoms with E-state index in [4.69, 9.17) is 5.73 Å². The lowest BCUT2D eigenvalue weighted by molar-refractivity contribution is -0.144. The molecule has 0 aromatic rings. The maximum Gasteiger partial charge on any atom is 0.326 e. The number of hydrogen-bond acceptors (Lipinski definition) is 3. The van der Waals surface area contributed by atoms with Gasteiger partial charge in [-0.25, -0.2) is 9.59 Å². The number of nitrogens with zero attached hydrogens (tertiary/aromatic N) is 2. The number of amides is 2. The molecule has 0 aromatic carbocycles. The van der Waals surface area contributed by atoms with Crippen molar-refractivity contribution in [3.63, 3.8) is 0 Å². The zero-order valence-corrected chi connectivity index (χ0v) is 11.4. The second-order valence-electron chi connectivity index (χ2n) is 5.78. The number of carbonyl (C=O) groups excluding carboxylic acids is 1. The summed E-state index contributed by atoms with van der Waals surface area (Å²) in [5.74, 6) is -0.534. The molecular formula is C13H23N3O3. The summed E-state index contributed by atoms with van der Waals surface area (Å²) in [6, 6.07) is -0.640. The Labute approximate surface area is 113 Å². The van der Waals surface area contributed by atoms with Gasteiger partial charge in [-0.1, -0.05) is 6.92 Å². The van der Waals surface area contributed by atoms with Gasteiger partial charge in [0.15, 0.2) is 0 Å². The fourth-order valence-electron chi connectivity index (χ4n) is 2.88. The number of rotatable bonds is 1. The molecule has 0 aliphatic carbocycles. The van der Waals surface area contributed by atoms with Crippen LogP contribution in [0.2, 0.25) is 0 Å². The maximum absolute atomic E-state index is 12.4. The predicted molar refractivity (Wildman–Crippen MR) is 70.7 cm³/mol. The van der Waals surface area contributed by atoms with E-state index in [1.807, 2.05) is 6.92 Å². The summed E-state index contributed by atoms with van der Waals surface area (Å²) in [5, 5.41) is 9.28. The number of nitrogens with two attached hydrogens (primary N) is 1. The first-order valence-corrected chi connectivity index (χ1v) is 7.03. The van der Waals surface area contributed by atoms with Crippen molar-refractivity contribution in [2.45, 2.75) is 44.7 Å². The van der Waals surface area contributed by atoms with Crippen LogP contribution in [0.25, 0.3) is 0 Å². The first-order chi connectivity index (χ1) is 8.99. The van der Waals surface area contributed by atoms with E-state index in [1.165, 1.54) is 4.90 Å². The van der Waals surface area contributed by atoms with E-state index < -0.39 is 12.0 Å². The third kappa shape index (κ3) is 3.18. The number of likely N-dealkylation sites (tertiary alicyclic amines) is 2. The zero-order valence-electron chi connectivity index (χ0n) is 11.4. The molecule has 2 saturated heterocycles. The molecule has 6 nitrogen and oxygen atoms in total. The summed E-state index contributed by atoms with van der Waals surface area (Å²) in [6.45, 7) is 3.86. The van der Waals surface area contributed by atoms with Gasteiger partial charge in [-0.3, -0.25) is 0 Å². The molecule has 0 bridgehead atoms. The van der Waals surface area contributed by atoms with Crippen molar-refractivity contribution >= 4 is 12.0 Å². The number of aliphatic carboxylic acids is 1. The molecule has 19 heavy (non-hydrogen) atoms. The lowest BCUT2D eigenvalue weighted by atomic mass is 9.92. The Balaban J connectivity index is 2.02. The summed E-state index contributed by atoms with van der Waals surface area (Å²) in [5.41, 5.74) is 5.82. The van der Waals surface area contributed by atoms with Crippen LogP contribution in [0.1, 0.15) is 32.6 Å². The third-order valence-corrected chi connectivity index (χ3v) is 4.21. The second-order valence-corrected chi connectivity index (χ2v) is 5.78. The molecule has 2 aliphatic rings. The molecule has 2 heterocycles. The Morgan fingerprint density at radius 3 is 2.37 bits per heavy atom. The SMILES string of the molecule is CC1CCN(C(=O)N2CCC(N)CC2)C(C(=O)O)C1. The van der Waals surface area contributed by atoms with Gasteiger partial charge in [0.2, 0.25) is 0 Å². The highest BCUT2D eigenvalue weighted by molar-refractivity contribution is 5.83. The molecule has 3 N–H and O–H groups in total. The molecule has 2 rings (SSSR count). The van der Waals surface area contributed by atoms with Crippen LogP contribution in [0.5, 0.6) is 0 Å². The molecule has 0 aromatic heterocycles. The summed E-state index contributed by atoms with van der Waals surface area (Å²) in [7, 11) is 0. The average molecular weight is 269 g/mol. The minimum absolute atomic E-state index is 0.133. The van der Waals surface area contributed by atoms with E-state index in [0.29, 0.717) is 32.0 Å². The lowest BCUT2D eigenvalue weighted by Gasteiger charge is -2.40. The molecule has 6 heteroatoms. The minimum Gasteiger partial charge on any atom is -0.480 e. The quantitative estimate of drug-likeness (QED) is 0.734. The number of hydrogen-bond donors (Lipinski definition) is 2. The highest BCUT2D eigenvalue weighted by Gasteiger charge is 2.37. The second kappa shape index (κ2) is 5.77. The first kappa shape index (κ1) is 14.1. The minimum atomic E-state index is -0.895. The third-order valence-electron chi connectivity index (χ3n) is 4.21. The van der Waals surface area contributed by atoms with Crippen LogP contribution in [0.4, 0.5) is 4.79 Å². The normalized spacial score (nSPS) is 29.4. The highest BCUT2D eigenvalue weighted by Crippen LogP contribution is 2.24. The molecular weight excluding hydrogens is 246 g/mol. The van der Waals surface area contributed by atoms with Gasteiger partial charge in [-0.2, -0.15) is 0 Å². The van der Waals surface area contributed by atoms with Crippen LogP contribution < -0.4 is 5.73 Å². The summed E-state index contributed by atoms with van der Waals surface area (Å²) in [4.78, 5) is 27.0. The molecule has 108 valence electrons. The molecule has 2 aliphatic heterocycles. The Kier molecular flexibility index (Phi) is 4.29. The van der Waals surface area contributed by atoms with Crippen molar-refractivity contribution in [2.75, 3.05) is 19.6 Å². The van der Waals surface area contributed by atoms with E-state index in [-0.39, 0.29) is 12.1 Å². The lowest BCUT2D eigenvalue weighted by Crippen LogP contribution is -2.56. The van der Waals surface area contributed by atoms with Crippen molar-refractivity contribution in [3.8, 4) is 0 Å². The smallest absolute Gasteiger partial charge is 0.326 e. The zero-order chi connectivity index (χ0) is 14.0.